The lowest BCUT2D eigenvalue weighted by Crippen LogP contribution is -2.44. The summed E-state index contributed by atoms with van der Waals surface area (Å²) in [4.78, 5) is 15.3. The summed E-state index contributed by atoms with van der Waals surface area (Å²) in [5.74, 6) is 0.505. The monoisotopic (exact) mass is 497 g/mol. The number of amides is 1. The molecule has 1 atom stereocenters. The molecule has 1 N–H and O–H groups in total. The van der Waals surface area contributed by atoms with Gasteiger partial charge in [0.1, 0.15) is 10.7 Å². The number of carbonyl (C=O) groups is 1. The number of hydrogen-bond donors (Lipinski definition) is 1. The molecule has 0 saturated carbocycles. The van der Waals surface area contributed by atoms with Crippen LogP contribution in [0.5, 0.6) is 0 Å². The predicted molar refractivity (Wildman–Crippen MR) is 135 cm³/mol. The number of amidine groups is 1. The average molecular weight is 498 g/mol. The summed E-state index contributed by atoms with van der Waals surface area (Å²) in [5.41, 5.74) is 3.79. The fourth-order valence-electron chi connectivity index (χ4n) is 5.33. The largest absolute Gasteiger partial charge is 0.356 e. The molecule has 3 aliphatic rings. The fourth-order valence-corrected chi connectivity index (χ4v) is 6.94. The summed E-state index contributed by atoms with van der Waals surface area (Å²) in [6.07, 6.45) is 4.45. The molecule has 6 nitrogen and oxygen atoms in total. The highest BCUT2D eigenvalue weighted by Gasteiger charge is 2.36. The first-order valence-electron chi connectivity index (χ1n) is 11.8. The molecule has 2 aliphatic heterocycles. The molecule has 34 heavy (non-hydrogen) atoms. The van der Waals surface area contributed by atoms with Crippen molar-refractivity contribution in [3.8, 4) is 0 Å². The van der Waals surface area contributed by atoms with Crippen molar-refractivity contribution in [3.63, 3.8) is 0 Å². The number of rotatable bonds is 3. The SMILES string of the molecule is CC1=C(c2ccc(Cl)cc2)S(=O)(=O)N=C1N1CCC(C(=O)NC2CCCc3ccccc32)CC1. The molecular weight excluding hydrogens is 470 g/mol. The molecule has 2 aromatic carbocycles. The van der Waals surface area contributed by atoms with Gasteiger partial charge in [-0.1, -0.05) is 48.0 Å². The minimum absolute atomic E-state index is 0.0759. The zero-order valence-electron chi connectivity index (χ0n) is 19.1. The van der Waals surface area contributed by atoms with E-state index in [0.29, 0.717) is 47.9 Å². The van der Waals surface area contributed by atoms with Gasteiger partial charge in [0.05, 0.1) is 6.04 Å². The van der Waals surface area contributed by atoms with E-state index in [0.717, 1.165) is 19.3 Å². The quantitative estimate of drug-likeness (QED) is 0.665. The molecule has 0 spiro atoms. The number of sulfonamides is 1. The number of carbonyl (C=O) groups excluding carboxylic acids is 1. The average Bonchev–Trinajstić information content (AvgIpc) is 3.08. The second kappa shape index (κ2) is 9.19. The van der Waals surface area contributed by atoms with Crippen molar-refractivity contribution in [2.75, 3.05) is 13.1 Å². The van der Waals surface area contributed by atoms with E-state index in [1.54, 1.807) is 31.2 Å². The molecule has 1 fully saturated rings. The molecule has 2 aromatic rings. The van der Waals surface area contributed by atoms with Crippen LogP contribution in [-0.4, -0.2) is 38.2 Å². The predicted octanol–water partition coefficient (Wildman–Crippen LogP) is 4.72. The fraction of sp³-hybridized carbons (Fsp3) is 0.385. The van der Waals surface area contributed by atoms with Gasteiger partial charge < -0.3 is 10.2 Å². The lowest BCUT2D eigenvalue weighted by Gasteiger charge is -2.34. The molecule has 1 saturated heterocycles. The van der Waals surface area contributed by atoms with Crippen molar-refractivity contribution in [2.24, 2.45) is 10.3 Å². The Morgan fingerprint density at radius 1 is 1.06 bits per heavy atom. The smallest absolute Gasteiger partial charge is 0.285 e. The van der Waals surface area contributed by atoms with Crippen LogP contribution in [0, 0.1) is 5.92 Å². The highest BCUT2D eigenvalue weighted by Crippen LogP contribution is 2.35. The Labute approximate surface area is 205 Å². The number of benzene rings is 2. The number of piperidine rings is 1. The zero-order chi connectivity index (χ0) is 23.9. The Hall–Kier alpha value is -2.64. The Balaban J connectivity index is 1.26. The molecule has 1 aliphatic carbocycles. The van der Waals surface area contributed by atoms with E-state index >= 15 is 0 Å². The molecule has 178 valence electrons. The number of nitrogens with one attached hydrogen (secondary N) is 1. The third-order valence-corrected chi connectivity index (χ3v) is 8.82. The Kier molecular flexibility index (Phi) is 6.25. The first-order chi connectivity index (χ1) is 16.3. The van der Waals surface area contributed by atoms with Crippen LogP contribution in [0.1, 0.15) is 55.3 Å². The summed E-state index contributed by atoms with van der Waals surface area (Å²) in [6.45, 7) is 2.99. The van der Waals surface area contributed by atoms with E-state index in [-0.39, 0.29) is 22.8 Å². The topological polar surface area (TPSA) is 78.8 Å². The third kappa shape index (κ3) is 4.39. The molecule has 1 unspecified atom stereocenters. The van der Waals surface area contributed by atoms with Crippen LogP contribution in [-0.2, 0) is 21.2 Å². The molecule has 0 bridgehead atoms. The van der Waals surface area contributed by atoms with Gasteiger partial charge in [-0.2, -0.15) is 8.42 Å². The molecule has 8 heteroatoms. The van der Waals surface area contributed by atoms with Gasteiger partial charge in [-0.15, -0.1) is 4.40 Å². The van der Waals surface area contributed by atoms with Crippen LogP contribution >= 0.6 is 11.6 Å². The van der Waals surface area contributed by atoms with E-state index < -0.39 is 10.0 Å². The summed E-state index contributed by atoms with van der Waals surface area (Å²) in [5, 5.41) is 3.83. The van der Waals surface area contributed by atoms with E-state index in [4.69, 9.17) is 11.6 Å². The maximum atomic E-state index is 13.1. The number of aryl methyl sites for hydroxylation is 1. The van der Waals surface area contributed by atoms with Crippen molar-refractivity contribution in [1.29, 1.82) is 0 Å². The number of nitrogens with zero attached hydrogens (tertiary/aromatic N) is 2. The van der Waals surface area contributed by atoms with Gasteiger partial charge in [-0.3, -0.25) is 4.79 Å². The van der Waals surface area contributed by atoms with Crippen molar-refractivity contribution < 1.29 is 13.2 Å². The highest BCUT2D eigenvalue weighted by molar-refractivity contribution is 8.00. The summed E-state index contributed by atoms with van der Waals surface area (Å²) < 4.78 is 29.8. The number of likely N-dealkylation sites (tertiary alicyclic amines) is 1. The standard InChI is InChI=1S/C26H28ClN3O3S/c1-17-24(19-9-11-21(27)12-10-19)34(32,33)29-25(17)30-15-13-20(14-16-30)26(31)28-23-8-4-6-18-5-2-3-7-22(18)23/h2-3,5,7,9-12,20,23H,4,6,8,13-16H2,1H3,(H,28,31). The minimum atomic E-state index is -3.77. The lowest BCUT2D eigenvalue weighted by molar-refractivity contribution is -0.127. The molecular formula is C26H28ClN3O3S. The summed E-state index contributed by atoms with van der Waals surface area (Å²) >= 11 is 5.97. The van der Waals surface area contributed by atoms with Gasteiger partial charge in [0.2, 0.25) is 5.91 Å². The molecule has 0 aromatic heterocycles. The maximum Gasteiger partial charge on any atom is 0.285 e. The molecule has 0 radical (unpaired) electrons. The minimum Gasteiger partial charge on any atom is -0.356 e. The van der Waals surface area contributed by atoms with E-state index in [1.165, 1.54) is 11.1 Å². The third-order valence-electron chi connectivity index (χ3n) is 7.10. The van der Waals surface area contributed by atoms with Gasteiger partial charge in [0.15, 0.2) is 0 Å². The number of hydrogen-bond acceptors (Lipinski definition) is 4. The molecule has 1 amide bonds. The van der Waals surface area contributed by atoms with Crippen molar-refractivity contribution in [2.45, 2.75) is 45.1 Å². The van der Waals surface area contributed by atoms with Crippen LogP contribution in [0.2, 0.25) is 5.02 Å². The normalized spacial score (nSPS) is 22.4. The molecule has 2 heterocycles. The van der Waals surface area contributed by atoms with E-state index in [9.17, 15) is 13.2 Å². The van der Waals surface area contributed by atoms with Crippen LogP contribution in [0.15, 0.2) is 58.5 Å². The van der Waals surface area contributed by atoms with Crippen molar-refractivity contribution in [1.82, 2.24) is 10.2 Å². The second-order valence-electron chi connectivity index (χ2n) is 9.26. The Bertz CT molecular complexity index is 1280. The van der Waals surface area contributed by atoms with Crippen LogP contribution < -0.4 is 5.32 Å². The second-order valence-corrected chi connectivity index (χ2v) is 11.2. The van der Waals surface area contributed by atoms with Gasteiger partial charge in [-0.05, 0) is 67.9 Å². The number of fused-ring (bicyclic) bond motifs is 1. The van der Waals surface area contributed by atoms with Gasteiger partial charge >= 0.3 is 0 Å². The number of halogens is 1. The van der Waals surface area contributed by atoms with Crippen LogP contribution in [0.25, 0.3) is 4.91 Å². The highest BCUT2D eigenvalue weighted by atomic mass is 35.5. The van der Waals surface area contributed by atoms with Crippen LogP contribution in [0.4, 0.5) is 0 Å². The van der Waals surface area contributed by atoms with Crippen molar-refractivity contribution in [3.05, 3.63) is 75.8 Å². The van der Waals surface area contributed by atoms with Crippen molar-refractivity contribution >= 4 is 38.3 Å². The van der Waals surface area contributed by atoms with Gasteiger partial charge in [0.25, 0.3) is 10.0 Å². The summed E-state index contributed by atoms with van der Waals surface area (Å²) in [6, 6.07) is 15.2. The van der Waals surface area contributed by atoms with Gasteiger partial charge in [0, 0.05) is 29.6 Å². The van der Waals surface area contributed by atoms with E-state index in [2.05, 4.69) is 27.9 Å². The zero-order valence-corrected chi connectivity index (χ0v) is 20.7. The summed E-state index contributed by atoms with van der Waals surface area (Å²) in [7, 11) is -3.77. The van der Waals surface area contributed by atoms with Crippen LogP contribution in [0.3, 0.4) is 0 Å². The first kappa shape index (κ1) is 23.1. The first-order valence-corrected chi connectivity index (χ1v) is 13.6. The lowest BCUT2D eigenvalue weighted by atomic mass is 9.87. The molecule has 5 rings (SSSR count). The Morgan fingerprint density at radius 2 is 1.76 bits per heavy atom. The van der Waals surface area contributed by atoms with Gasteiger partial charge in [-0.25, -0.2) is 0 Å². The Morgan fingerprint density at radius 3 is 2.50 bits per heavy atom. The maximum absolute atomic E-state index is 13.1. The van der Waals surface area contributed by atoms with E-state index in [1.807, 2.05) is 11.0 Å².